The lowest BCUT2D eigenvalue weighted by Gasteiger charge is -2.12. The van der Waals surface area contributed by atoms with E-state index in [4.69, 9.17) is 5.11 Å². The fourth-order valence-electron chi connectivity index (χ4n) is 0.479. The van der Waals surface area contributed by atoms with Gasteiger partial charge in [-0.3, -0.25) is 14.4 Å². The molecule has 0 rings (SSSR count). The highest BCUT2D eigenvalue weighted by Gasteiger charge is 2.25. The van der Waals surface area contributed by atoms with Crippen LogP contribution in [-0.4, -0.2) is 38.5 Å². The van der Waals surface area contributed by atoms with Crippen LogP contribution in [0.5, 0.6) is 0 Å². The zero-order valence-corrected chi connectivity index (χ0v) is 11.3. The number of carbonyl (C=O) groups excluding carboxylic acids is 3. The number of aliphatic carboxylic acids is 1. The summed E-state index contributed by atoms with van der Waals surface area (Å²) in [4.78, 5) is 40.6. The van der Waals surface area contributed by atoms with Crippen LogP contribution in [0.4, 0.5) is 0 Å². The van der Waals surface area contributed by atoms with Crippen LogP contribution >= 0.6 is 0 Å². The van der Waals surface area contributed by atoms with E-state index in [9.17, 15) is 19.2 Å². The molecule has 18 heavy (non-hydrogen) atoms. The van der Waals surface area contributed by atoms with E-state index in [1.807, 2.05) is 0 Å². The summed E-state index contributed by atoms with van der Waals surface area (Å²) in [7, 11) is -2.96. The summed E-state index contributed by atoms with van der Waals surface area (Å²) < 4.78 is 13.5. The van der Waals surface area contributed by atoms with E-state index in [-0.39, 0.29) is 0 Å². The molecular formula is C9H14O8Si. The summed E-state index contributed by atoms with van der Waals surface area (Å²) in [5, 5.41) is 7.60. The number of hydrogen-bond acceptors (Lipinski definition) is 7. The molecule has 0 heterocycles. The number of carbonyl (C=O) groups is 4. The van der Waals surface area contributed by atoms with Crippen LogP contribution in [0.15, 0.2) is 12.7 Å². The normalized spacial score (nSPS) is 8.44. The average Bonchev–Trinajstić information content (AvgIpc) is 2.14. The monoisotopic (exact) mass is 278 g/mol. The molecule has 1 N–H and O–H groups in total. The molecule has 0 atom stereocenters. The molecule has 9 heteroatoms. The summed E-state index contributed by atoms with van der Waals surface area (Å²) >= 11 is 0. The molecule has 0 aliphatic heterocycles. The van der Waals surface area contributed by atoms with Gasteiger partial charge in [0, 0.05) is 26.8 Å². The van der Waals surface area contributed by atoms with Gasteiger partial charge >= 0.3 is 15.5 Å². The van der Waals surface area contributed by atoms with Crippen molar-refractivity contribution in [3.63, 3.8) is 0 Å². The molecule has 0 fully saturated rings. The van der Waals surface area contributed by atoms with Crippen molar-refractivity contribution in [2.45, 2.75) is 20.8 Å². The van der Waals surface area contributed by atoms with Crippen LogP contribution in [0.3, 0.4) is 0 Å². The third-order valence-electron chi connectivity index (χ3n) is 0.961. The lowest BCUT2D eigenvalue weighted by molar-refractivity contribution is -0.145. The Morgan fingerprint density at radius 3 is 1.28 bits per heavy atom. The van der Waals surface area contributed by atoms with Crippen LogP contribution < -0.4 is 0 Å². The minimum absolute atomic E-state index is 0.654. The minimum atomic E-state index is -2.96. The van der Waals surface area contributed by atoms with E-state index in [1.54, 1.807) is 0 Å². The SMILES string of the molecule is C=CC(=O)O.CC(=O)O[SiH](OC(C)=O)OC(C)=O. The Morgan fingerprint density at radius 2 is 1.17 bits per heavy atom. The zero-order valence-electron chi connectivity index (χ0n) is 10.2. The lowest BCUT2D eigenvalue weighted by atomic mass is 10.7. The quantitative estimate of drug-likeness (QED) is 0.548. The number of hydrogen-bond donors (Lipinski definition) is 1. The van der Waals surface area contributed by atoms with E-state index >= 15 is 0 Å². The Morgan fingerprint density at radius 1 is 0.944 bits per heavy atom. The first-order valence-electron chi connectivity index (χ1n) is 4.56. The van der Waals surface area contributed by atoms with Crippen LogP contribution in [0, 0.1) is 0 Å². The van der Waals surface area contributed by atoms with Gasteiger partial charge in [0.25, 0.3) is 17.9 Å². The first-order chi connectivity index (χ1) is 8.18. The largest absolute Gasteiger partial charge is 0.689 e. The van der Waals surface area contributed by atoms with Gasteiger partial charge in [0.15, 0.2) is 0 Å². The van der Waals surface area contributed by atoms with E-state index in [0.717, 1.165) is 26.8 Å². The van der Waals surface area contributed by atoms with Gasteiger partial charge in [0.05, 0.1) is 0 Å². The molecule has 0 radical (unpaired) electrons. The van der Waals surface area contributed by atoms with Crippen molar-refractivity contribution in [3.8, 4) is 0 Å². The third-order valence-corrected chi connectivity index (χ3v) is 2.53. The first-order valence-corrected chi connectivity index (χ1v) is 5.97. The van der Waals surface area contributed by atoms with Gasteiger partial charge in [-0.15, -0.1) is 0 Å². The molecule has 0 amide bonds. The van der Waals surface area contributed by atoms with Gasteiger partial charge in [0.2, 0.25) is 0 Å². The van der Waals surface area contributed by atoms with E-state index < -0.39 is 33.4 Å². The van der Waals surface area contributed by atoms with Crippen LogP contribution in [0.1, 0.15) is 20.8 Å². The molecule has 102 valence electrons. The second kappa shape index (κ2) is 10.0. The Balaban J connectivity index is 0. The molecule has 0 bridgehead atoms. The molecular weight excluding hydrogens is 264 g/mol. The Kier molecular flexibility index (Phi) is 10.1. The van der Waals surface area contributed by atoms with Crippen molar-refractivity contribution >= 4 is 33.4 Å². The fraction of sp³-hybridized carbons (Fsp3) is 0.333. The second-order valence-corrected chi connectivity index (χ2v) is 3.94. The molecule has 8 nitrogen and oxygen atoms in total. The molecule has 0 saturated heterocycles. The van der Waals surface area contributed by atoms with Crippen molar-refractivity contribution in [2.75, 3.05) is 0 Å². The first kappa shape index (κ1) is 18.2. The van der Waals surface area contributed by atoms with Crippen molar-refractivity contribution in [1.29, 1.82) is 0 Å². The van der Waals surface area contributed by atoms with Gasteiger partial charge in [0.1, 0.15) is 0 Å². The topological polar surface area (TPSA) is 116 Å². The number of rotatable bonds is 4. The number of carboxylic acids is 1. The van der Waals surface area contributed by atoms with E-state index in [1.165, 1.54) is 0 Å². The summed E-state index contributed by atoms with van der Waals surface area (Å²) in [5.41, 5.74) is 0. The van der Waals surface area contributed by atoms with Gasteiger partial charge in [-0.1, -0.05) is 6.58 Å². The maximum Gasteiger partial charge on any atom is 0.689 e. The van der Waals surface area contributed by atoms with Crippen LogP contribution in [-0.2, 0) is 32.5 Å². The molecule has 0 aliphatic rings. The maximum absolute atomic E-state index is 10.4. The second-order valence-electron chi connectivity index (χ2n) is 2.66. The smallest absolute Gasteiger partial charge is 0.478 e. The van der Waals surface area contributed by atoms with Crippen molar-refractivity contribution in [3.05, 3.63) is 12.7 Å². The van der Waals surface area contributed by atoms with E-state index in [2.05, 4.69) is 19.9 Å². The Labute approximate surface area is 105 Å². The molecule has 0 aliphatic carbocycles. The van der Waals surface area contributed by atoms with Crippen molar-refractivity contribution in [2.24, 2.45) is 0 Å². The summed E-state index contributed by atoms with van der Waals surface area (Å²) in [5.74, 6) is -2.94. The molecule has 0 aromatic heterocycles. The fourth-order valence-corrected chi connectivity index (χ4v) is 1.44. The van der Waals surface area contributed by atoms with Gasteiger partial charge in [-0.05, 0) is 0 Å². The Bertz CT molecular complexity index is 299. The van der Waals surface area contributed by atoms with Crippen LogP contribution in [0.2, 0.25) is 0 Å². The standard InChI is InChI=1S/C6H10O6Si.C3H4O2/c1-4(7)10-13(11-5(2)8)12-6(3)9;1-2-3(4)5/h13H,1-3H3;2H,1H2,(H,4,5). The van der Waals surface area contributed by atoms with Gasteiger partial charge in [-0.2, -0.15) is 0 Å². The van der Waals surface area contributed by atoms with Crippen molar-refractivity contribution in [1.82, 2.24) is 0 Å². The van der Waals surface area contributed by atoms with Crippen LogP contribution in [0.25, 0.3) is 0 Å². The van der Waals surface area contributed by atoms with Crippen molar-refractivity contribution < 1.29 is 37.6 Å². The summed E-state index contributed by atoms with van der Waals surface area (Å²) in [6, 6.07) is 0. The predicted octanol–water partition coefficient (Wildman–Crippen LogP) is -0.350. The summed E-state index contributed by atoms with van der Waals surface area (Å²) in [6.45, 7) is 6.36. The third kappa shape index (κ3) is 16.3. The highest BCUT2D eigenvalue weighted by Crippen LogP contribution is 1.94. The molecule has 0 aromatic rings. The maximum atomic E-state index is 10.4. The lowest BCUT2D eigenvalue weighted by Crippen LogP contribution is -2.32. The minimum Gasteiger partial charge on any atom is -0.478 e. The highest BCUT2D eigenvalue weighted by molar-refractivity contribution is 6.43. The average molecular weight is 278 g/mol. The zero-order chi connectivity index (χ0) is 14.7. The molecule has 0 unspecified atom stereocenters. The highest BCUT2D eigenvalue weighted by atomic mass is 28.3. The van der Waals surface area contributed by atoms with E-state index in [0.29, 0.717) is 0 Å². The molecule has 0 spiro atoms. The number of carboxylic acid groups (broad SMARTS) is 1. The molecule has 0 aromatic carbocycles. The summed E-state index contributed by atoms with van der Waals surface area (Å²) in [6.07, 6.45) is 0.833. The van der Waals surface area contributed by atoms with Gasteiger partial charge in [-0.25, -0.2) is 4.79 Å². The predicted molar refractivity (Wildman–Crippen MR) is 60.3 cm³/mol. The Hall–Kier alpha value is -2.16. The molecule has 0 saturated carbocycles. The van der Waals surface area contributed by atoms with Gasteiger partial charge < -0.3 is 18.4 Å².